The number of nitrogens with zero attached hydrogens (tertiary/aromatic N) is 1. The molecule has 0 spiro atoms. The minimum absolute atomic E-state index is 0.924. The Labute approximate surface area is 162 Å². The van der Waals surface area contributed by atoms with Crippen molar-refractivity contribution < 1.29 is 0 Å². The first-order chi connectivity index (χ1) is 13.3. The lowest BCUT2D eigenvalue weighted by Crippen LogP contribution is -1.95. The highest BCUT2D eigenvalue weighted by Gasteiger charge is 2.12. The number of aromatic nitrogens is 1. The summed E-state index contributed by atoms with van der Waals surface area (Å²) in [4.78, 5) is 4.83. The van der Waals surface area contributed by atoms with Crippen LogP contribution in [-0.2, 0) is 6.42 Å². The predicted molar refractivity (Wildman–Crippen MR) is 117 cm³/mol. The first kappa shape index (κ1) is 16.2. The molecule has 2 aromatic heterocycles. The lowest BCUT2D eigenvalue weighted by atomic mass is 10.00. The number of hydrogen-bond acceptors (Lipinski definition) is 2. The minimum Gasteiger partial charge on any atom is -0.256 e. The molecule has 2 heteroatoms. The minimum atomic E-state index is 0.924. The van der Waals surface area contributed by atoms with Gasteiger partial charge in [0.25, 0.3) is 0 Å². The largest absolute Gasteiger partial charge is 0.256 e. The third kappa shape index (κ3) is 2.92. The van der Waals surface area contributed by atoms with Crippen LogP contribution in [0.1, 0.15) is 16.7 Å². The van der Waals surface area contributed by atoms with Crippen LogP contribution in [0.4, 0.5) is 0 Å². The molecule has 1 nitrogen and oxygen atoms in total. The Kier molecular flexibility index (Phi) is 3.99. The van der Waals surface area contributed by atoms with E-state index in [1.165, 1.54) is 42.4 Å². The smallest absolute Gasteiger partial charge is 0.0719 e. The normalized spacial score (nSPS) is 11.3. The van der Waals surface area contributed by atoms with E-state index < -0.39 is 0 Å². The van der Waals surface area contributed by atoms with Gasteiger partial charge >= 0.3 is 0 Å². The average Bonchev–Trinajstić information content (AvgIpc) is 3.09. The quantitative estimate of drug-likeness (QED) is 0.335. The number of rotatable bonds is 3. The standard InChI is InChI=1S/C25H19NS/c1-17-14-23(26-16-19(17)15-18-8-3-2-4-9-18)22-12-7-11-21-20-10-5-6-13-24(20)27-25(21)22/h2-14,16H,15H2,1H3. The molecule has 3 aromatic carbocycles. The van der Waals surface area contributed by atoms with E-state index in [4.69, 9.17) is 4.98 Å². The fraction of sp³-hybridized carbons (Fsp3) is 0.0800. The van der Waals surface area contributed by atoms with Gasteiger partial charge in [0, 0.05) is 31.9 Å². The number of pyridine rings is 1. The fourth-order valence-corrected chi connectivity index (χ4v) is 4.91. The van der Waals surface area contributed by atoms with Crippen molar-refractivity contribution in [2.24, 2.45) is 0 Å². The van der Waals surface area contributed by atoms with E-state index in [0.717, 1.165) is 12.1 Å². The average molecular weight is 366 g/mol. The van der Waals surface area contributed by atoms with E-state index in [1.807, 2.05) is 17.5 Å². The summed E-state index contributed by atoms with van der Waals surface area (Å²) in [6.45, 7) is 2.19. The predicted octanol–water partition coefficient (Wildman–Crippen LogP) is 7.02. The molecule has 0 amide bonds. The summed E-state index contributed by atoms with van der Waals surface area (Å²) in [6, 6.07) is 28.0. The molecule has 27 heavy (non-hydrogen) atoms. The topological polar surface area (TPSA) is 12.9 Å². The number of hydrogen-bond donors (Lipinski definition) is 0. The zero-order valence-electron chi connectivity index (χ0n) is 15.1. The van der Waals surface area contributed by atoms with Gasteiger partial charge in [-0.05, 0) is 42.2 Å². The molecule has 0 aliphatic rings. The Morgan fingerprint density at radius 2 is 1.59 bits per heavy atom. The number of thiophene rings is 1. The molecular weight excluding hydrogens is 346 g/mol. The summed E-state index contributed by atoms with van der Waals surface area (Å²) < 4.78 is 2.65. The molecule has 0 unspecified atom stereocenters. The van der Waals surface area contributed by atoms with Crippen molar-refractivity contribution in [3.8, 4) is 11.3 Å². The van der Waals surface area contributed by atoms with Crippen molar-refractivity contribution >= 4 is 31.5 Å². The molecule has 0 aliphatic heterocycles. The zero-order valence-corrected chi connectivity index (χ0v) is 16.0. The van der Waals surface area contributed by atoms with Gasteiger partial charge in [0.2, 0.25) is 0 Å². The van der Waals surface area contributed by atoms with Crippen molar-refractivity contribution in [2.45, 2.75) is 13.3 Å². The monoisotopic (exact) mass is 365 g/mol. The highest BCUT2D eigenvalue weighted by molar-refractivity contribution is 7.26. The van der Waals surface area contributed by atoms with Gasteiger partial charge in [-0.1, -0.05) is 66.7 Å². The highest BCUT2D eigenvalue weighted by Crippen LogP contribution is 2.39. The summed E-state index contributed by atoms with van der Waals surface area (Å²) >= 11 is 1.86. The summed E-state index contributed by atoms with van der Waals surface area (Å²) in [7, 11) is 0. The van der Waals surface area contributed by atoms with E-state index in [2.05, 4.69) is 85.8 Å². The van der Waals surface area contributed by atoms with Gasteiger partial charge in [-0.15, -0.1) is 11.3 Å². The second kappa shape index (κ2) is 6.64. The van der Waals surface area contributed by atoms with E-state index in [0.29, 0.717) is 0 Å². The molecule has 5 rings (SSSR count). The van der Waals surface area contributed by atoms with Crippen molar-refractivity contribution in [2.75, 3.05) is 0 Å². The van der Waals surface area contributed by atoms with Crippen LogP contribution < -0.4 is 0 Å². The van der Waals surface area contributed by atoms with Crippen LogP contribution in [0.2, 0.25) is 0 Å². The van der Waals surface area contributed by atoms with Crippen molar-refractivity contribution in [1.82, 2.24) is 4.98 Å². The van der Waals surface area contributed by atoms with E-state index in [9.17, 15) is 0 Å². The number of aryl methyl sites for hydroxylation is 1. The molecule has 0 saturated heterocycles. The maximum absolute atomic E-state index is 4.83. The summed E-state index contributed by atoms with van der Waals surface area (Å²) in [5.41, 5.74) is 6.18. The van der Waals surface area contributed by atoms with Crippen molar-refractivity contribution in [3.63, 3.8) is 0 Å². The SMILES string of the molecule is Cc1cc(-c2cccc3c2sc2ccccc23)ncc1Cc1ccccc1. The Hall–Kier alpha value is -2.97. The number of fused-ring (bicyclic) bond motifs is 3. The van der Waals surface area contributed by atoms with Crippen molar-refractivity contribution in [1.29, 1.82) is 0 Å². The Balaban J connectivity index is 1.60. The van der Waals surface area contributed by atoms with Gasteiger partial charge in [0.15, 0.2) is 0 Å². The van der Waals surface area contributed by atoms with E-state index in [1.54, 1.807) is 0 Å². The van der Waals surface area contributed by atoms with Crippen LogP contribution >= 0.6 is 11.3 Å². The van der Waals surface area contributed by atoms with Crippen LogP contribution in [0, 0.1) is 6.92 Å². The molecule has 0 saturated carbocycles. The van der Waals surface area contributed by atoms with Crippen LogP contribution in [0.15, 0.2) is 85.1 Å². The Bertz CT molecular complexity index is 1250. The summed E-state index contributed by atoms with van der Waals surface area (Å²) in [5.74, 6) is 0. The maximum Gasteiger partial charge on any atom is 0.0719 e. The zero-order chi connectivity index (χ0) is 18.2. The molecule has 5 aromatic rings. The third-order valence-corrected chi connectivity index (χ3v) is 6.36. The lowest BCUT2D eigenvalue weighted by molar-refractivity contribution is 1.11. The highest BCUT2D eigenvalue weighted by atomic mass is 32.1. The molecule has 2 heterocycles. The summed E-state index contributed by atoms with van der Waals surface area (Å²) in [6.07, 6.45) is 2.97. The third-order valence-electron chi connectivity index (χ3n) is 5.14. The van der Waals surface area contributed by atoms with Gasteiger partial charge in [-0.3, -0.25) is 4.98 Å². The van der Waals surface area contributed by atoms with Crippen LogP contribution in [-0.4, -0.2) is 4.98 Å². The molecule has 0 aliphatic carbocycles. The van der Waals surface area contributed by atoms with E-state index in [-0.39, 0.29) is 0 Å². The van der Waals surface area contributed by atoms with Crippen LogP contribution in [0.3, 0.4) is 0 Å². The number of benzene rings is 3. The second-order valence-electron chi connectivity index (χ2n) is 6.94. The van der Waals surface area contributed by atoms with Gasteiger partial charge in [0.1, 0.15) is 0 Å². The Morgan fingerprint density at radius 3 is 2.44 bits per heavy atom. The first-order valence-corrected chi connectivity index (χ1v) is 10.0. The molecule has 130 valence electrons. The molecule has 0 N–H and O–H groups in total. The van der Waals surface area contributed by atoms with E-state index >= 15 is 0 Å². The molecule has 0 bridgehead atoms. The van der Waals surface area contributed by atoms with Gasteiger partial charge < -0.3 is 0 Å². The first-order valence-electron chi connectivity index (χ1n) is 9.20. The molecule has 0 radical (unpaired) electrons. The summed E-state index contributed by atoms with van der Waals surface area (Å²) in [5, 5.41) is 2.65. The van der Waals surface area contributed by atoms with Gasteiger partial charge in [-0.25, -0.2) is 0 Å². The maximum atomic E-state index is 4.83. The second-order valence-corrected chi connectivity index (χ2v) is 7.99. The lowest BCUT2D eigenvalue weighted by Gasteiger charge is -2.09. The van der Waals surface area contributed by atoms with Crippen molar-refractivity contribution in [3.05, 3.63) is 102 Å². The van der Waals surface area contributed by atoms with Crippen LogP contribution in [0.25, 0.3) is 31.4 Å². The van der Waals surface area contributed by atoms with Gasteiger partial charge in [0.05, 0.1) is 5.69 Å². The Morgan fingerprint density at radius 1 is 0.815 bits per heavy atom. The van der Waals surface area contributed by atoms with Crippen LogP contribution in [0.5, 0.6) is 0 Å². The fourth-order valence-electron chi connectivity index (χ4n) is 3.68. The molecule has 0 fully saturated rings. The van der Waals surface area contributed by atoms with Gasteiger partial charge in [-0.2, -0.15) is 0 Å². The molecule has 0 atom stereocenters. The molecular formula is C25H19NS.